The SMILES string of the molecule is O=C1OC(c2ccccc2)=NC1=Cc1cn(Cc2ccccc2)c2ccccc12. The Balaban J connectivity index is 1.55. The molecule has 0 radical (unpaired) electrons. The monoisotopic (exact) mass is 378 g/mol. The summed E-state index contributed by atoms with van der Waals surface area (Å²) in [5.41, 5.74) is 4.38. The van der Waals surface area contributed by atoms with Gasteiger partial charge in [-0.25, -0.2) is 9.79 Å². The quantitative estimate of drug-likeness (QED) is 0.369. The van der Waals surface area contributed by atoms with Gasteiger partial charge in [0.05, 0.1) is 0 Å². The fourth-order valence-corrected chi connectivity index (χ4v) is 3.56. The molecule has 1 aliphatic rings. The number of hydrogen-bond acceptors (Lipinski definition) is 3. The van der Waals surface area contributed by atoms with Gasteiger partial charge in [-0.05, 0) is 29.8 Å². The number of carbonyl (C=O) groups excluding carboxylic acids is 1. The van der Waals surface area contributed by atoms with Crippen molar-refractivity contribution in [1.29, 1.82) is 0 Å². The van der Waals surface area contributed by atoms with Gasteiger partial charge in [-0.2, -0.15) is 0 Å². The van der Waals surface area contributed by atoms with Crippen molar-refractivity contribution in [3.8, 4) is 0 Å². The third kappa shape index (κ3) is 3.36. The summed E-state index contributed by atoms with van der Waals surface area (Å²) in [6, 6.07) is 27.9. The highest BCUT2D eigenvalue weighted by atomic mass is 16.6. The molecule has 0 unspecified atom stereocenters. The fourth-order valence-electron chi connectivity index (χ4n) is 3.56. The molecule has 1 aromatic heterocycles. The van der Waals surface area contributed by atoms with Gasteiger partial charge in [-0.1, -0.05) is 66.7 Å². The number of cyclic esters (lactones) is 1. The minimum atomic E-state index is -0.427. The number of nitrogens with zero attached hydrogens (tertiary/aromatic N) is 2. The van der Waals surface area contributed by atoms with Crippen LogP contribution in [-0.2, 0) is 16.1 Å². The van der Waals surface area contributed by atoms with Gasteiger partial charge in [0.2, 0.25) is 5.90 Å². The molecule has 1 aliphatic heterocycles. The second kappa shape index (κ2) is 7.24. The van der Waals surface area contributed by atoms with Crippen LogP contribution in [-0.4, -0.2) is 16.4 Å². The number of hydrogen-bond donors (Lipinski definition) is 0. The lowest BCUT2D eigenvalue weighted by Crippen LogP contribution is -2.04. The molecule has 4 aromatic rings. The molecule has 0 N–H and O–H groups in total. The van der Waals surface area contributed by atoms with Crippen molar-refractivity contribution in [3.05, 3.63) is 114 Å². The van der Waals surface area contributed by atoms with Gasteiger partial charge < -0.3 is 9.30 Å². The van der Waals surface area contributed by atoms with E-state index in [1.807, 2.05) is 66.7 Å². The lowest BCUT2D eigenvalue weighted by atomic mass is 10.1. The largest absolute Gasteiger partial charge is 0.402 e. The van der Waals surface area contributed by atoms with Crippen molar-refractivity contribution in [2.24, 2.45) is 4.99 Å². The van der Waals surface area contributed by atoms with Crippen LogP contribution in [0.25, 0.3) is 17.0 Å². The predicted molar refractivity (Wildman–Crippen MR) is 115 cm³/mol. The van der Waals surface area contributed by atoms with Crippen molar-refractivity contribution >= 4 is 28.8 Å². The van der Waals surface area contributed by atoms with Gasteiger partial charge in [-0.15, -0.1) is 0 Å². The molecule has 4 heteroatoms. The number of benzene rings is 3. The number of esters is 1. The molecule has 29 heavy (non-hydrogen) atoms. The normalized spacial score (nSPS) is 15.0. The van der Waals surface area contributed by atoms with E-state index in [1.54, 1.807) is 0 Å². The zero-order chi connectivity index (χ0) is 19.6. The van der Waals surface area contributed by atoms with Crippen LogP contribution < -0.4 is 0 Å². The zero-order valence-corrected chi connectivity index (χ0v) is 15.7. The van der Waals surface area contributed by atoms with Gasteiger partial charge in [-0.3, -0.25) is 0 Å². The first-order valence-electron chi connectivity index (χ1n) is 9.48. The Labute approximate surface area is 168 Å². The van der Waals surface area contributed by atoms with E-state index in [4.69, 9.17) is 4.74 Å². The summed E-state index contributed by atoms with van der Waals surface area (Å²) in [5.74, 6) is -0.0846. The van der Waals surface area contributed by atoms with E-state index in [1.165, 1.54) is 5.56 Å². The summed E-state index contributed by atoms with van der Waals surface area (Å²) in [5, 5.41) is 1.08. The number of para-hydroxylation sites is 1. The van der Waals surface area contributed by atoms with E-state index in [0.29, 0.717) is 11.6 Å². The van der Waals surface area contributed by atoms with E-state index in [0.717, 1.165) is 28.6 Å². The Kier molecular flexibility index (Phi) is 4.30. The second-order valence-corrected chi connectivity index (χ2v) is 6.92. The average Bonchev–Trinajstić information content (AvgIpc) is 3.31. The maximum Gasteiger partial charge on any atom is 0.363 e. The number of rotatable bonds is 4. The highest BCUT2D eigenvalue weighted by molar-refractivity contribution is 6.13. The summed E-state index contributed by atoms with van der Waals surface area (Å²) in [7, 11) is 0. The Morgan fingerprint density at radius 1 is 0.862 bits per heavy atom. The summed E-state index contributed by atoms with van der Waals surface area (Å²) < 4.78 is 7.58. The first-order valence-corrected chi connectivity index (χ1v) is 9.48. The zero-order valence-electron chi connectivity index (χ0n) is 15.7. The first kappa shape index (κ1) is 17.2. The third-order valence-corrected chi connectivity index (χ3v) is 4.95. The smallest absolute Gasteiger partial charge is 0.363 e. The average molecular weight is 378 g/mol. The van der Waals surface area contributed by atoms with Gasteiger partial charge in [0, 0.05) is 34.8 Å². The van der Waals surface area contributed by atoms with Gasteiger partial charge in [0.1, 0.15) is 0 Å². The maximum absolute atomic E-state index is 12.4. The topological polar surface area (TPSA) is 43.6 Å². The lowest BCUT2D eigenvalue weighted by molar-refractivity contribution is -0.129. The van der Waals surface area contributed by atoms with Crippen LogP contribution in [0.5, 0.6) is 0 Å². The fraction of sp³-hybridized carbons (Fsp3) is 0.0400. The molecular weight excluding hydrogens is 360 g/mol. The van der Waals surface area contributed by atoms with Crippen LogP contribution >= 0.6 is 0 Å². The van der Waals surface area contributed by atoms with E-state index < -0.39 is 5.97 Å². The molecule has 0 bridgehead atoms. The molecule has 0 saturated carbocycles. The molecule has 2 heterocycles. The predicted octanol–water partition coefficient (Wildman–Crippen LogP) is 5.03. The Morgan fingerprint density at radius 2 is 1.55 bits per heavy atom. The Bertz CT molecular complexity index is 1250. The van der Waals surface area contributed by atoms with E-state index in [2.05, 4.69) is 40.0 Å². The molecule has 0 spiro atoms. The van der Waals surface area contributed by atoms with Gasteiger partial charge in [0.25, 0.3) is 0 Å². The molecule has 0 amide bonds. The minimum absolute atomic E-state index is 0.312. The maximum atomic E-state index is 12.4. The number of fused-ring (bicyclic) bond motifs is 1. The summed E-state index contributed by atoms with van der Waals surface area (Å²) in [6.45, 7) is 0.757. The van der Waals surface area contributed by atoms with Crippen molar-refractivity contribution in [2.75, 3.05) is 0 Å². The summed E-state index contributed by atoms with van der Waals surface area (Å²) in [4.78, 5) is 16.8. The highest BCUT2D eigenvalue weighted by Gasteiger charge is 2.24. The van der Waals surface area contributed by atoms with Crippen molar-refractivity contribution < 1.29 is 9.53 Å². The molecule has 5 rings (SSSR count). The van der Waals surface area contributed by atoms with E-state index in [9.17, 15) is 4.79 Å². The summed E-state index contributed by atoms with van der Waals surface area (Å²) >= 11 is 0. The van der Waals surface area contributed by atoms with Gasteiger partial charge in [0.15, 0.2) is 5.70 Å². The van der Waals surface area contributed by atoms with E-state index in [-0.39, 0.29) is 0 Å². The molecule has 0 atom stereocenters. The van der Waals surface area contributed by atoms with Crippen molar-refractivity contribution in [3.63, 3.8) is 0 Å². The Hall–Kier alpha value is -3.92. The molecular formula is C25H18N2O2. The lowest BCUT2D eigenvalue weighted by Gasteiger charge is -2.05. The number of aliphatic imine (C=N–C) groups is 1. The van der Waals surface area contributed by atoms with Crippen LogP contribution in [0.15, 0.2) is 102 Å². The van der Waals surface area contributed by atoms with Crippen LogP contribution in [0.4, 0.5) is 0 Å². The van der Waals surface area contributed by atoms with E-state index >= 15 is 0 Å². The molecule has 140 valence electrons. The molecule has 3 aromatic carbocycles. The van der Waals surface area contributed by atoms with Crippen LogP contribution in [0, 0.1) is 0 Å². The van der Waals surface area contributed by atoms with Gasteiger partial charge >= 0.3 is 5.97 Å². The van der Waals surface area contributed by atoms with Crippen molar-refractivity contribution in [1.82, 2.24) is 4.57 Å². The first-order chi connectivity index (χ1) is 14.3. The number of carbonyl (C=O) groups is 1. The molecule has 0 aliphatic carbocycles. The third-order valence-electron chi connectivity index (χ3n) is 4.95. The van der Waals surface area contributed by atoms with Crippen molar-refractivity contribution in [2.45, 2.75) is 6.54 Å². The van der Waals surface area contributed by atoms with Crippen LogP contribution in [0.1, 0.15) is 16.7 Å². The Morgan fingerprint density at radius 3 is 2.34 bits per heavy atom. The van der Waals surface area contributed by atoms with Crippen LogP contribution in [0.3, 0.4) is 0 Å². The minimum Gasteiger partial charge on any atom is -0.402 e. The second-order valence-electron chi connectivity index (χ2n) is 6.92. The summed E-state index contributed by atoms with van der Waals surface area (Å²) in [6.07, 6.45) is 3.87. The molecule has 4 nitrogen and oxygen atoms in total. The standard InChI is InChI=1S/C25H18N2O2/c28-25-22(26-24(29-25)19-11-5-2-6-12-19)15-20-17-27(16-18-9-3-1-4-10-18)23-14-8-7-13-21(20)23/h1-15,17H,16H2. The molecule has 0 saturated heterocycles. The number of ether oxygens (including phenoxy) is 1. The van der Waals surface area contributed by atoms with Crippen LogP contribution in [0.2, 0.25) is 0 Å². The highest BCUT2D eigenvalue weighted by Crippen LogP contribution is 2.26. The number of aromatic nitrogens is 1. The molecule has 0 fully saturated rings.